The molecule has 2 N–H and O–H groups in total. The van der Waals surface area contributed by atoms with Crippen LogP contribution in [0.2, 0.25) is 0 Å². The lowest BCUT2D eigenvalue weighted by atomic mass is 10.2. The van der Waals surface area contributed by atoms with E-state index in [9.17, 15) is 0 Å². The smallest absolute Gasteiger partial charge is 0.191 e. The lowest BCUT2D eigenvalue weighted by molar-refractivity contribution is 0.256. The van der Waals surface area contributed by atoms with Crippen molar-refractivity contribution in [2.24, 2.45) is 10.9 Å². The fourth-order valence-corrected chi connectivity index (χ4v) is 3.15. The third-order valence-electron chi connectivity index (χ3n) is 4.94. The molecule has 0 amide bonds. The van der Waals surface area contributed by atoms with Crippen molar-refractivity contribution in [2.75, 3.05) is 33.3 Å². The normalized spacial score (nSPS) is 17.2. The SMILES string of the molecule is C=CCOc1ccccc1CNC(=NC)NCCN(CC1CC1)C1CC1. The number of nitrogens with zero attached hydrogens (tertiary/aromatic N) is 2. The fraction of sp³-hybridized carbons (Fsp3) is 0.571. The van der Waals surface area contributed by atoms with Crippen LogP contribution in [0.25, 0.3) is 0 Å². The zero-order valence-corrected chi connectivity index (χ0v) is 15.9. The van der Waals surface area contributed by atoms with Gasteiger partial charge in [0.15, 0.2) is 5.96 Å². The average Bonchev–Trinajstić information content (AvgIpc) is 3.56. The van der Waals surface area contributed by atoms with E-state index in [2.05, 4.69) is 33.2 Å². The first kappa shape index (κ1) is 18.8. The van der Waals surface area contributed by atoms with Crippen LogP contribution in [0.15, 0.2) is 41.9 Å². The van der Waals surface area contributed by atoms with Gasteiger partial charge >= 0.3 is 0 Å². The van der Waals surface area contributed by atoms with E-state index in [0.29, 0.717) is 13.2 Å². The second-order valence-corrected chi connectivity index (χ2v) is 7.23. The lowest BCUT2D eigenvalue weighted by Crippen LogP contribution is -2.42. The van der Waals surface area contributed by atoms with Crippen LogP contribution in [-0.2, 0) is 6.54 Å². The van der Waals surface area contributed by atoms with Gasteiger partial charge in [0.05, 0.1) is 0 Å². The molecular weight excluding hydrogens is 324 g/mol. The molecule has 2 aliphatic carbocycles. The Morgan fingerprint density at radius 2 is 2.08 bits per heavy atom. The van der Waals surface area contributed by atoms with Crippen molar-refractivity contribution in [3.8, 4) is 5.75 Å². The van der Waals surface area contributed by atoms with Gasteiger partial charge in [0.2, 0.25) is 0 Å². The van der Waals surface area contributed by atoms with E-state index in [4.69, 9.17) is 4.74 Å². The molecule has 0 bridgehead atoms. The summed E-state index contributed by atoms with van der Waals surface area (Å²) in [5.74, 6) is 2.69. The molecule has 2 aliphatic rings. The average molecular weight is 357 g/mol. The number of guanidine groups is 1. The number of benzene rings is 1. The van der Waals surface area contributed by atoms with Crippen LogP contribution in [0.1, 0.15) is 31.2 Å². The third-order valence-corrected chi connectivity index (χ3v) is 4.94. The molecule has 0 aliphatic heterocycles. The molecule has 0 radical (unpaired) electrons. The molecule has 142 valence electrons. The first-order valence-electron chi connectivity index (χ1n) is 9.80. The van der Waals surface area contributed by atoms with Crippen LogP contribution in [-0.4, -0.2) is 50.2 Å². The van der Waals surface area contributed by atoms with Gasteiger partial charge in [0.1, 0.15) is 12.4 Å². The number of rotatable bonds is 11. The molecule has 5 heteroatoms. The van der Waals surface area contributed by atoms with Gasteiger partial charge in [0, 0.05) is 44.8 Å². The summed E-state index contributed by atoms with van der Waals surface area (Å²) >= 11 is 0. The molecule has 26 heavy (non-hydrogen) atoms. The molecule has 2 fully saturated rings. The Balaban J connectivity index is 1.42. The van der Waals surface area contributed by atoms with Crippen molar-refractivity contribution in [1.29, 1.82) is 0 Å². The number of aliphatic imine (C=N–C) groups is 1. The van der Waals surface area contributed by atoms with E-state index < -0.39 is 0 Å². The highest BCUT2D eigenvalue weighted by Gasteiger charge is 2.33. The largest absolute Gasteiger partial charge is 0.489 e. The van der Waals surface area contributed by atoms with Gasteiger partial charge in [0.25, 0.3) is 0 Å². The molecule has 3 rings (SSSR count). The van der Waals surface area contributed by atoms with Gasteiger partial charge in [-0.05, 0) is 37.7 Å². The minimum atomic E-state index is 0.516. The Bertz CT molecular complexity index is 608. The van der Waals surface area contributed by atoms with E-state index in [0.717, 1.165) is 42.3 Å². The lowest BCUT2D eigenvalue weighted by Gasteiger charge is -2.22. The van der Waals surface area contributed by atoms with Crippen LogP contribution < -0.4 is 15.4 Å². The summed E-state index contributed by atoms with van der Waals surface area (Å²) in [6, 6.07) is 8.91. The Labute approximate surface area is 157 Å². The zero-order chi connectivity index (χ0) is 18.2. The van der Waals surface area contributed by atoms with Gasteiger partial charge < -0.3 is 15.4 Å². The topological polar surface area (TPSA) is 48.9 Å². The second kappa shape index (κ2) is 9.62. The van der Waals surface area contributed by atoms with Crippen molar-refractivity contribution in [1.82, 2.24) is 15.5 Å². The predicted octanol–water partition coefficient (Wildman–Crippen LogP) is 2.79. The van der Waals surface area contributed by atoms with E-state index in [-0.39, 0.29) is 0 Å². The highest BCUT2D eigenvalue weighted by atomic mass is 16.5. The Morgan fingerprint density at radius 1 is 1.27 bits per heavy atom. The Morgan fingerprint density at radius 3 is 2.77 bits per heavy atom. The van der Waals surface area contributed by atoms with Gasteiger partial charge in [-0.15, -0.1) is 0 Å². The minimum absolute atomic E-state index is 0.516. The molecule has 0 unspecified atom stereocenters. The standard InChI is InChI=1S/C21H32N4O/c1-3-14-26-20-7-5-4-6-18(20)15-24-21(22-2)23-12-13-25(19-10-11-19)16-17-8-9-17/h3-7,17,19H,1,8-16H2,2H3,(H2,22,23,24). The molecular formula is C21H32N4O. The summed E-state index contributed by atoms with van der Waals surface area (Å²) in [5, 5.41) is 6.84. The second-order valence-electron chi connectivity index (χ2n) is 7.23. The number of hydrogen-bond donors (Lipinski definition) is 2. The van der Waals surface area contributed by atoms with Crippen LogP contribution >= 0.6 is 0 Å². The monoisotopic (exact) mass is 356 g/mol. The summed E-state index contributed by atoms with van der Waals surface area (Å²) in [6.45, 7) is 8.21. The summed E-state index contributed by atoms with van der Waals surface area (Å²) < 4.78 is 5.72. The molecule has 2 saturated carbocycles. The molecule has 1 aromatic rings. The van der Waals surface area contributed by atoms with Crippen molar-refractivity contribution >= 4 is 5.96 Å². The number of para-hydroxylation sites is 1. The number of nitrogens with one attached hydrogen (secondary N) is 2. The van der Waals surface area contributed by atoms with Gasteiger partial charge in [-0.25, -0.2) is 0 Å². The van der Waals surface area contributed by atoms with Crippen LogP contribution in [0.4, 0.5) is 0 Å². The predicted molar refractivity (Wildman–Crippen MR) is 108 cm³/mol. The highest BCUT2D eigenvalue weighted by Crippen LogP contribution is 2.34. The molecule has 1 aromatic carbocycles. The molecule has 0 heterocycles. The van der Waals surface area contributed by atoms with Crippen molar-refractivity contribution in [3.63, 3.8) is 0 Å². The molecule has 0 saturated heterocycles. The molecule has 0 aromatic heterocycles. The maximum atomic E-state index is 5.72. The fourth-order valence-electron chi connectivity index (χ4n) is 3.15. The minimum Gasteiger partial charge on any atom is -0.489 e. The van der Waals surface area contributed by atoms with E-state index in [1.807, 2.05) is 25.2 Å². The van der Waals surface area contributed by atoms with Crippen molar-refractivity contribution in [2.45, 2.75) is 38.3 Å². The quantitative estimate of drug-likeness (QED) is 0.364. The maximum absolute atomic E-state index is 5.72. The zero-order valence-electron chi connectivity index (χ0n) is 15.9. The van der Waals surface area contributed by atoms with E-state index >= 15 is 0 Å². The van der Waals surface area contributed by atoms with Crippen LogP contribution in [0.5, 0.6) is 5.75 Å². The number of ether oxygens (including phenoxy) is 1. The molecule has 5 nitrogen and oxygen atoms in total. The van der Waals surface area contributed by atoms with Crippen LogP contribution in [0, 0.1) is 5.92 Å². The summed E-state index contributed by atoms with van der Waals surface area (Å²) in [6.07, 6.45) is 7.36. The maximum Gasteiger partial charge on any atom is 0.191 e. The summed E-state index contributed by atoms with van der Waals surface area (Å²) in [5.41, 5.74) is 1.12. The Kier molecular flexibility index (Phi) is 6.95. The number of hydrogen-bond acceptors (Lipinski definition) is 3. The van der Waals surface area contributed by atoms with Crippen molar-refractivity contribution < 1.29 is 4.74 Å². The van der Waals surface area contributed by atoms with Gasteiger partial charge in [-0.1, -0.05) is 30.9 Å². The Hall–Kier alpha value is -2.01. The van der Waals surface area contributed by atoms with Crippen LogP contribution in [0.3, 0.4) is 0 Å². The highest BCUT2D eigenvalue weighted by molar-refractivity contribution is 5.79. The van der Waals surface area contributed by atoms with Gasteiger partial charge in [-0.3, -0.25) is 9.89 Å². The first-order chi connectivity index (χ1) is 12.8. The third kappa shape index (κ3) is 6.06. The van der Waals surface area contributed by atoms with Gasteiger partial charge in [-0.2, -0.15) is 0 Å². The molecule has 0 atom stereocenters. The first-order valence-corrected chi connectivity index (χ1v) is 9.80. The van der Waals surface area contributed by atoms with E-state index in [1.165, 1.54) is 32.2 Å². The van der Waals surface area contributed by atoms with Crippen molar-refractivity contribution in [3.05, 3.63) is 42.5 Å². The molecule has 0 spiro atoms. The van der Waals surface area contributed by atoms with E-state index in [1.54, 1.807) is 6.08 Å². The summed E-state index contributed by atoms with van der Waals surface area (Å²) in [4.78, 5) is 7.01. The summed E-state index contributed by atoms with van der Waals surface area (Å²) in [7, 11) is 1.82.